The molecule has 3 nitrogen and oxygen atoms in total. The average Bonchev–Trinajstić information content (AvgIpc) is 2.33. The van der Waals surface area contributed by atoms with Crippen molar-refractivity contribution in [2.45, 2.75) is 6.54 Å². The van der Waals surface area contributed by atoms with E-state index in [-0.39, 0.29) is 5.82 Å². The molecular formula is C12H13FN2O. The molecule has 1 aliphatic heterocycles. The van der Waals surface area contributed by atoms with Gasteiger partial charge in [-0.25, -0.2) is 4.39 Å². The van der Waals surface area contributed by atoms with Gasteiger partial charge in [0.05, 0.1) is 24.8 Å². The van der Waals surface area contributed by atoms with Crippen molar-refractivity contribution in [3.05, 3.63) is 35.1 Å². The zero-order chi connectivity index (χ0) is 11.4. The molecule has 4 heteroatoms. The lowest BCUT2D eigenvalue weighted by Crippen LogP contribution is -2.35. The predicted octanol–water partition coefficient (Wildman–Crippen LogP) is 1.53. The fourth-order valence-corrected chi connectivity index (χ4v) is 1.75. The van der Waals surface area contributed by atoms with E-state index < -0.39 is 0 Å². The SMILES string of the molecule is N#Cc1ccc(CN2CCOCC2)c(F)c1. The maximum Gasteiger partial charge on any atom is 0.129 e. The highest BCUT2D eigenvalue weighted by atomic mass is 19.1. The summed E-state index contributed by atoms with van der Waals surface area (Å²) in [7, 11) is 0. The van der Waals surface area contributed by atoms with Gasteiger partial charge in [0.15, 0.2) is 0 Å². The standard InChI is InChI=1S/C12H13FN2O/c13-12-7-10(8-14)1-2-11(12)9-15-3-5-16-6-4-15/h1-2,7H,3-6,9H2. The average molecular weight is 220 g/mol. The van der Waals surface area contributed by atoms with E-state index in [0.29, 0.717) is 30.9 Å². The van der Waals surface area contributed by atoms with Gasteiger partial charge in [-0.2, -0.15) is 5.26 Å². The molecule has 0 unspecified atom stereocenters. The number of nitriles is 1. The minimum atomic E-state index is -0.300. The summed E-state index contributed by atoms with van der Waals surface area (Å²) >= 11 is 0. The molecule has 0 aromatic heterocycles. The van der Waals surface area contributed by atoms with Crippen molar-refractivity contribution in [2.75, 3.05) is 26.3 Å². The lowest BCUT2D eigenvalue weighted by Gasteiger charge is -2.26. The Bertz CT molecular complexity index is 408. The molecule has 0 bridgehead atoms. The Balaban J connectivity index is 2.06. The number of rotatable bonds is 2. The van der Waals surface area contributed by atoms with E-state index in [2.05, 4.69) is 4.90 Å². The summed E-state index contributed by atoms with van der Waals surface area (Å²) in [5.74, 6) is -0.300. The zero-order valence-electron chi connectivity index (χ0n) is 8.95. The minimum absolute atomic E-state index is 0.300. The largest absolute Gasteiger partial charge is 0.379 e. The van der Waals surface area contributed by atoms with Crippen LogP contribution in [0.15, 0.2) is 18.2 Å². The van der Waals surface area contributed by atoms with Crippen LogP contribution >= 0.6 is 0 Å². The number of hydrogen-bond donors (Lipinski definition) is 0. The molecule has 1 heterocycles. The second kappa shape index (κ2) is 5.06. The Morgan fingerprint density at radius 1 is 1.38 bits per heavy atom. The maximum atomic E-state index is 13.6. The van der Waals surface area contributed by atoms with E-state index >= 15 is 0 Å². The molecule has 0 atom stereocenters. The number of hydrogen-bond acceptors (Lipinski definition) is 3. The molecule has 1 fully saturated rings. The Morgan fingerprint density at radius 2 is 2.12 bits per heavy atom. The van der Waals surface area contributed by atoms with Crippen LogP contribution in [0.1, 0.15) is 11.1 Å². The number of benzene rings is 1. The Labute approximate surface area is 94.0 Å². The first-order valence-electron chi connectivity index (χ1n) is 5.28. The van der Waals surface area contributed by atoms with Gasteiger partial charge in [-0.05, 0) is 12.1 Å². The van der Waals surface area contributed by atoms with Crippen LogP contribution in [0, 0.1) is 17.1 Å². The second-order valence-electron chi connectivity index (χ2n) is 3.81. The first-order valence-corrected chi connectivity index (χ1v) is 5.28. The number of nitrogens with zero attached hydrogens (tertiary/aromatic N) is 2. The first-order chi connectivity index (χ1) is 7.79. The fraction of sp³-hybridized carbons (Fsp3) is 0.417. The molecule has 1 aliphatic rings. The summed E-state index contributed by atoms with van der Waals surface area (Å²) in [6, 6.07) is 6.55. The molecule has 0 N–H and O–H groups in total. The van der Waals surface area contributed by atoms with Crippen molar-refractivity contribution < 1.29 is 9.13 Å². The molecule has 0 saturated carbocycles. The molecule has 1 saturated heterocycles. The molecule has 2 rings (SSSR count). The van der Waals surface area contributed by atoms with Gasteiger partial charge in [0.2, 0.25) is 0 Å². The van der Waals surface area contributed by atoms with Crippen LogP contribution in [0.4, 0.5) is 4.39 Å². The maximum absolute atomic E-state index is 13.6. The van der Waals surface area contributed by atoms with Crippen molar-refractivity contribution >= 4 is 0 Å². The van der Waals surface area contributed by atoms with Crippen LogP contribution in [-0.2, 0) is 11.3 Å². The van der Waals surface area contributed by atoms with Gasteiger partial charge in [-0.3, -0.25) is 4.90 Å². The third kappa shape index (κ3) is 2.57. The molecule has 16 heavy (non-hydrogen) atoms. The van der Waals surface area contributed by atoms with Crippen LogP contribution < -0.4 is 0 Å². The Hall–Kier alpha value is -1.44. The van der Waals surface area contributed by atoms with Crippen molar-refractivity contribution in [3.8, 4) is 6.07 Å². The summed E-state index contributed by atoms with van der Waals surface area (Å²) in [6.07, 6.45) is 0. The normalized spacial score (nSPS) is 17.0. The Kier molecular flexibility index (Phi) is 3.50. The monoisotopic (exact) mass is 220 g/mol. The third-order valence-corrected chi connectivity index (χ3v) is 2.68. The van der Waals surface area contributed by atoms with Gasteiger partial charge in [0.25, 0.3) is 0 Å². The molecule has 84 valence electrons. The molecule has 0 aliphatic carbocycles. The van der Waals surface area contributed by atoms with Crippen molar-refractivity contribution in [1.29, 1.82) is 5.26 Å². The van der Waals surface area contributed by atoms with E-state index in [1.165, 1.54) is 6.07 Å². The topological polar surface area (TPSA) is 36.3 Å². The van der Waals surface area contributed by atoms with Crippen LogP contribution in [0.2, 0.25) is 0 Å². The summed E-state index contributed by atoms with van der Waals surface area (Å²) in [5.41, 5.74) is 1.00. The molecule has 0 amide bonds. The number of ether oxygens (including phenoxy) is 1. The first kappa shape index (κ1) is 11.1. The summed E-state index contributed by atoms with van der Waals surface area (Å²) in [4.78, 5) is 2.15. The van der Waals surface area contributed by atoms with E-state index in [0.717, 1.165) is 13.1 Å². The summed E-state index contributed by atoms with van der Waals surface area (Å²) in [6.45, 7) is 3.66. The van der Waals surface area contributed by atoms with Crippen molar-refractivity contribution in [2.24, 2.45) is 0 Å². The Morgan fingerprint density at radius 3 is 2.75 bits per heavy atom. The van der Waals surface area contributed by atoms with Gasteiger partial charge >= 0.3 is 0 Å². The number of halogens is 1. The van der Waals surface area contributed by atoms with Gasteiger partial charge in [-0.1, -0.05) is 6.07 Å². The molecule has 0 spiro atoms. The lowest BCUT2D eigenvalue weighted by molar-refractivity contribution is 0.0337. The summed E-state index contributed by atoms with van der Waals surface area (Å²) in [5, 5.41) is 8.63. The van der Waals surface area contributed by atoms with E-state index in [1.54, 1.807) is 12.1 Å². The van der Waals surface area contributed by atoms with E-state index in [4.69, 9.17) is 10.00 Å². The zero-order valence-corrected chi connectivity index (χ0v) is 8.95. The van der Waals surface area contributed by atoms with Crippen LogP contribution in [0.5, 0.6) is 0 Å². The highest BCUT2D eigenvalue weighted by molar-refractivity contribution is 5.32. The van der Waals surface area contributed by atoms with Gasteiger partial charge in [0.1, 0.15) is 5.82 Å². The van der Waals surface area contributed by atoms with Crippen LogP contribution in [0.25, 0.3) is 0 Å². The fourth-order valence-electron chi connectivity index (χ4n) is 1.75. The van der Waals surface area contributed by atoms with Crippen LogP contribution in [-0.4, -0.2) is 31.2 Å². The highest BCUT2D eigenvalue weighted by Crippen LogP contribution is 2.13. The molecular weight excluding hydrogens is 207 g/mol. The summed E-state index contributed by atoms with van der Waals surface area (Å²) < 4.78 is 18.8. The van der Waals surface area contributed by atoms with Crippen molar-refractivity contribution in [1.82, 2.24) is 4.90 Å². The van der Waals surface area contributed by atoms with Gasteiger partial charge < -0.3 is 4.74 Å². The molecule has 1 aromatic rings. The van der Waals surface area contributed by atoms with E-state index in [1.807, 2.05) is 6.07 Å². The van der Waals surface area contributed by atoms with E-state index in [9.17, 15) is 4.39 Å². The minimum Gasteiger partial charge on any atom is -0.379 e. The third-order valence-electron chi connectivity index (χ3n) is 2.68. The molecule has 0 radical (unpaired) electrons. The quantitative estimate of drug-likeness (QED) is 0.758. The smallest absolute Gasteiger partial charge is 0.129 e. The second-order valence-corrected chi connectivity index (χ2v) is 3.81. The number of morpholine rings is 1. The van der Waals surface area contributed by atoms with Crippen molar-refractivity contribution in [3.63, 3.8) is 0 Å². The van der Waals surface area contributed by atoms with Gasteiger partial charge in [-0.15, -0.1) is 0 Å². The highest BCUT2D eigenvalue weighted by Gasteiger charge is 2.13. The predicted molar refractivity (Wildman–Crippen MR) is 57.2 cm³/mol. The lowest BCUT2D eigenvalue weighted by atomic mass is 10.1. The van der Waals surface area contributed by atoms with Gasteiger partial charge in [0, 0.05) is 25.2 Å². The molecule has 1 aromatic carbocycles. The van der Waals surface area contributed by atoms with Crippen LogP contribution in [0.3, 0.4) is 0 Å².